The Hall–Kier alpha value is -2.37. The standard InChI is InChI=1S/C19H23N3O3/c1-12-9-16(13(2)25-12)19(24)21-8-4-6-15(21)11-22-18(23)10-14-5-3-7-17(14)20-22/h9-10,15H,3-8,11H2,1-2H3. The minimum Gasteiger partial charge on any atom is -0.466 e. The van der Waals surface area contributed by atoms with Gasteiger partial charge in [-0.25, -0.2) is 4.68 Å². The van der Waals surface area contributed by atoms with E-state index in [0.29, 0.717) is 24.4 Å². The number of carbonyl (C=O) groups excluding carboxylic acids is 1. The lowest BCUT2D eigenvalue weighted by Gasteiger charge is -2.25. The summed E-state index contributed by atoms with van der Waals surface area (Å²) in [5.41, 5.74) is 2.69. The maximum atomic E-state index is 12.9. The quantitative estimate of drug-likeness (QED) is 0.859. The highest BCUT2D eigenvalue weighted by molar-refractivity contribution is 5.95. The maximum Gasteiger partial charge on any atom is 0.267 e. The van der Waals surface area contributed by atoms with Gasteiger partial charge in [-0.2, -0.15) is 5.10 Å². The van der Waals surface area contributed by atoms with Crippen molar-refractivity contribution in [2.75, 3.05) is 6.54 Å². The van der Waals surface area contributed by atoms with Gasteiger partial charge in [-0.05, 0) is 57.6 Å². The van der Waals surface area contributed by atoms with Crippen LogP contribution >= 0.6 is 0 Å². The monoisotopic (exact) mass is 341 g/mol. The number of carbonyl (C=O) groups is 1. The molecule has 2 aromatic rings. The van der Waals surface area contributed by atoms with E-state index in [4.69, 9.17) is 4.42 Å². The van der Waals surface area contributed by atoms with Crippen LogP contribution in [0.1, 0.15) is 52.4 Å². The van der Waals surface area contributed by atoms with Crippen LogP contribution in [-0.2, 0) is 19.4 Å². The fraction of sp³-hybridized carbons (Fsp3) is 0.526. The van der Waals surface area contributed by atoms with Crippen LogP contribution in [0.3, 0.4) is 0 Å². The second kappa shape index (κ2) is 6.17. The number of furan rings is 1. The molecule has 1 fully saturated rings. The molecule has 1 atom stereocenters. The van der Waals surface area contributed by atoms with Crippen molar-refractivity contribution in [1.82, 2.24) is 14.7 Å². The van der Waals surface area contributed by atoms with Crippen molar-refractivity contribution in [1.29, 1.82) is 0 Å². The van der Waals surface area contributed by atoms with Crippen molar-refractivity contribution in [3.63, 3.8) is 0 Å². The highest BCUT2D eigenvalue weighted by Crippen LogP contribution is 2.24. The topological polar surface area (TPSA) is 68.3 Å². The van der Waals surface area contributed by atoms with Gasteiger partial charge >= 0.3 is 0 Å². The van der Waals surface area contributed by atoms with Crippen LogP contribution in [0.2, 0.25) is 0 Å². The summed E-state index contributed by atoms with van der Waals surface area (Å²) in [5, 5.41) is 4.55. The first-order valence-corrected chi connectivity index (χ1v) is 9.01. The minimum absolute atomic E-state index is 0.00626. The van der Waals surface area contributed by atoms with Gasteiger partial charge in [0.1, 0.15) is 11.5 Å². The summed E-state index contributed by atoms with van der Waals surface area (Å²) < 4.78 is 7.05. The van der Waals surface area contributed by atoms with Crippen molar-refractivity contribution in [3.8, 4) is 0 Å². The van der Waals surface area contributed by atoms with Gasteiger partial charge in [-0.1, -0.05) is 0 Å². The van der Waals surface area contributed by atoms with E-state index in [1.165, 1.54) is 0 Å². The molecule has 2 aromatic heterocycles. The number of amides is 1. The normalized spacial score (nSPS) is 19.4. The van der Waals surface area contributed by atoms with Crippen LogP contribution in [0.15, 0.2) is 21.3 Å². The largest absolute Gasteiger partial charge is 0.466 e. The van der Waals surface area contributed by atoms with Gasteiger partial charge < -0.3 is 9.32 Å². The van der Waals surface area contributed by atoms with Crippen LogP contribution in [0.4, 0.5) is 0 Å². The van der Waals surface area contributed by atoms with Crippen molar-refractivity contribution >= 4 is 5.91 Å². The third kappa shape index (κ3) is 2.90. The highest BCUT2D eigenvalue weighted by Gasteiger charge is 2.32. The molecule has 1 aliphatic carbocycles. The average Bonchev–Trinajstić information content (AvgIpc) is 3.27. The molecule has 4 rings (SSSR count). The van der Waals surface area contributed by atoms with E-state index < -0.39 is 0 Å². The van der Waals surface area contributed by atoms with Crippen molar-refractivity contribution < 1.29 is 9.21 Å². The van der Waals surface area contributed by atoms with E-state index in [9.17, 15) is 9.59 Å². The molecule has 132 valence electrons. The number of rotatable bonds is 3. The van der Waals surface area contributed by atoms with E-state index >= 15 is 0 Å². The van der Waals surface area contributed by atoms with Gasteiger partial charge in [-0.3, -0.25) is 9.59 Å². The lowest BCUT2D eigenvalue weighted by molar-refractivity contribution is 0.0718. The third-order valence-electron chi connectivity index (χ3n) is 5.32. The minimum atomic E-state index is -0.0599. The van der Waals surface area contributed by atoms with E-state index in [0.717, 1.165) is 49.1 Å². The van der Waals surface area contributed by atoms with Crippen LogP contribution in [0.25, 0.3) is 0 Å². The number of nitrogens with zero attached hydrogens (tertiary/aromatic N) is 3. The molecule has 1 amide bonds. The first-order chi connectivity index (χ1) is 12.0. The van der Waals surface area contributed by atoms with Crippen molar-refractivity contribution in [3.05, 3.63) is 50.8 Å². The number of likely N-dealkylation sites (tertiary alicyclic amines) is 1. The lowest BCUT2D eigenvalue weighted by atomic mass is 10.1. The predicted octanol–water partition coefficient (Wildman–Crippen LogP) is 2.25. The second-order valence-corrected chi connectivity index (χ2v) is 7.11. The summed E-state index contributed by atoms with van der Waals surface area (Å²) >= 11 is 0. The Morgan fingerprint density at radius 3 is 2.88 bits per heavy atom. The van der Waals surface area contributed by atoms with E-state index in [1.807, 2.05) is 18.7 Å². The Balaban J connectivity index is 1.57. The molecule has 0 aromatic carbocycles. The van der Waals surface area contributed by atoms with Crippen molar-refractivity contribution in [2.24, 2.45) is 0 Å². The van der Waals surface area contributed by atoms with E-state index in [-0.39, 0.29) is 17.5 Å². The molecule has 6 heteroatoms. The Morgan fingerprint density at radius 1 is 1.28 bits per heavy atom. The molecular weight excluding hydrogens is 318 g/mol. The number of aromatic nitrogens is 2. The maximum absolute atomic E-state index is 12.9. The molecule has 0 N–H and O–H groups in total. The van der Waals surface area contributed by atoms with Crippen LogP contribution in [-0.4, -0.2) is 33.2 Å². The SMILES string of the molecule is Cc1cc(C(=O)N2CCCC2Cn2nc3c(cc2=O)CCC3)c(C)o1. The van der Waals surface area contributed by atoms with Gasteiger partial charge in [0.25, 0.3) is 11.5 Å². The fourth-order valence-electron chi connectivity index (χ4n) is 4.06. The number of hydrogen-bond acceptors (Lipinski definition) is 4. The third-order valence-corrected chi connectivity index (χ3v) is 5.32. The summed E-state index contributed by atoms with van der Waals surface area (Å²) in [7, 11) is 0. The van der Waals surface area contributed by atoms with E-state index in [1.54, 1.807) is 16.8 Å². The fourth-order valence-corrected chi connectivity index (χ4v) is 4.06. The molecule has 1 saturated heterocycles. The van der Waals surface area contributed by atoms with Crippen LogP contribution < -0.4 is 5.56 Å². The summed E-state index contributed by atoms with van der Waals surface area (Å²) in [4.78, 5) is 27.1. The molecule has 0 saturated carbocycles. The van der Waals surface area contributed by atoms with Gasteiger partial charge in [-0.15, -0.1) is 0 Å². The number of fused-ring (bicyclic) bond motifs is 1. The summed E-state index contributed by atoms with van der Waals surface area (Å²) in [6, 6.07) is 3.53. The molecule has 3 heterocycles. The molecule has 0 spiro atoms. The first kappa shape index (κ1) is 16.1. The van der Waals surface area contributed by atoms with Gasteiger partial charge in [0.2, 0.25) is 0 Å². The number of hydrogen-bond donors (Lipinski definition) is 0. The Morgan fingerprint density at radius 2 is 2.12 bits per heavy atom. The smallest absolute Gasteiger partial charge is 0.267 e. The average molecular weight is 341 g/mol. The highest BCUT2D eigenvalue weighted by atomic mass is 16.3. The lowest BCUT2D eigenvalue weighted by Crippen LogP contribution is -2.40. The first-order valence-electron chi connectivity index (χ1n) is 9.01. The molecule has 1 aliphatic heterocycles. The zero-order valence-electron chi connectivity index (χ0n) is 14.7. The summed E-state index contributed by atoms with van der Waals surface area (Å²) in [6.07, 6.45) is 4.81. The zero-order chi connectivity index (χ0) is 17.6. The van der Waals surface area contributed by atoms with E-state index in [2.05, 4.69) is 5.10 Å². The van der Waals surface area contributed by atoms with Crippen LogP contribution in [0, 0.1) is 13.8 Å². The Kier molecular flexibility index (Phi) is 3.98. The molecule has 0 bridgehead atoms. The molecule has 6 nitrogen and oxygen atoms in total. The van der Waals surface area contributed by atoms with Gasteiger partial charge in [0, 0.05) is 12.6 Å². The second-order valence-electron chi connectivity index (χ2n) is 7.11. The molecule has 2 aliphatic rings. The van der Waals surface area contributed by atoms with Crippen LogP contribution in [0.5, 0.6) is 0 Å². The summed E-state index contributed by atoms with van der Waals surface area (Å²) in [5.74, 6) is 1.39. The number of aryl methyl sites for hydroxylation is 4. The predicted molar refractivity (Wildman–Crippen MR) is 92.8 cm³/mol. The molecule has 25 heavy (non-hydrogen) atoms. The van der Waals surface area contributed by atoms with Gasteiger partial charge in [0.15, 0.2) is 0 Å². The Labute approximate surface area is 146 Å². The zero-order valence-corrected chi connectivity index (χ0v) is 14.7. The summed E-state index contributed by atoms with van der Waals surface area (Å²) in [6.45, 7) is 4.84. The Bertz CT molecular complexity index is 881. The van der Waals surface area contributed by atoms with Crippen molar-refractivity contribution in [2.45, 2.75) is 58.5 Å². The molecule has 0 radical (unpaired) electrons. The molecule has 1 unspecified atom stereocenters. The molecular formula is C19H23N3O3. The van der Waals surface area contributed by atoms with Gasteiger partial charge in [0.05, 0.1) is 23.8 Å².